The Bertz CT molecular complexity index is 902. The Morgan fingerprint density at radius 1 is 1.08 bits per heavy atom. The highest BCUT2D eigenvalue weighted by Crippen LogP contribution is 2.11. The molecule has 0 aliphatic heterocycles. The van der Waals surface area contributed by atoms with Crippen molar-refractivity contribution in [1.29, 1.82) is 0 Å². The standard InChI is InChI=1S/C18H19N3O2S/c1-15-3-2-4-17(11-15)13-24(22,23)20-12-16-5-7-18(8-6-16)21-10-9-19-14-21/h2-11,14,20H,12-13H2,1H3. The van der Waals surface area contributed by atoms with Gasteiger partial charge in [-0.25, -0.2) is 18.1 Å². The van der Waals surface area contributed by atoms with E-state index in [1.165, 1.54) is 0 Å². The fourth-order valence-electron chi connectivity index (χ4n) is 2.46. The molecule has 0 saturated heterocycles. The molecule has 0 saturated carbocycles. The minimum Gasteiger partial charge on any atom is -0.306 e. The van der Waals surface area contributed by atoms with E-state index >= 15 is 0 Å². The highest BCUT2D eigenvalue weighted by atomic mass is 32.2. The number of benzene rings is 2. The third-order valence-electron chi connectivity index (χ3n) is 3.67. The van der Waals surface area contributed by atoms with Crippen molar-refractivity contribution in [2.24, 2.45) is 0 Å². The van der Waals surface area contributed by atoms with Gasteiger partial charge in [0.15, 0.2) is 0 Å². The maximum absolute atomic E-state index is 12.2. The molecule has 3 aromatic rings. The maximum atomic E-state index is 12.2. The van der Waals surface area contributed by atoms with Crippen LogP contribution in [0.5, 0.6) is 0 Å². The summed E-state index contributed by atoms with van der Waals surface area (Å²) in [4.78, 5) is 4.01. The summed E-state index contributed by atoms with van der Waals surface area (Å²) in [5, 5.41) is 0. The molecule has 2 aromatic carbocycles. The molecule has 0 spiro atoms. The monoisotopic (exact) mass is 341 g/mol. The van der Waals surface area contributed by atoms with Crippen LogP contribution in [0.25, 0.3) is 5.69 Å². The van der Waals surface area contributed by atoms with E-state index in [1.807, 2.05) is 66.2 Å². The Balaban J connectivity index is 1.62. The van der Waals surface area contributed by atoms with Crippen LogP contribution in [0, 0.1) is 6.92 Å². The van der Waals surface area contributed by atoms with E-state index in [0.29, 0.717) is 0 Å². The molecule has 0 amide bonds. The Morgan fingerprint density at radius 3 is 2.54 bits per heavy atom. The fourth-order valence-corrected chi connectivity index (χ4v) is 3.57. The first-order chi connectivity index (χ1) is 11.5. The largest absolute Gasteiger partial charge is 0.306 e. The van der Waals surface area contributed by atoms with Crippen molar-refractivity contribution in [3.05, 3.63) is 83.9 Å². The summed E-state index contributed by atoms with van der Waals surface area (Å²) in [5.41, 5.74) is 3.74. The van der Waals surface area contributed by atoms with E-state index in [0.717, 1.165) is 22.4 Å². The molecule has 1 heterocycles. The third kappa shape index (κ3) is 4.31. The van der Waals surface area contributed by atoms with Crippen molar-refractivity contribution in [2.45, 2.75) is 19.2 Å². The van der Waals surface area contributed by atoms with Gasteiger partial charge in [-0.05, 0) is 30.2 Å². The predicted octanol–water partition coefficient (Wildman–Crippen LogP) is 2.80. The third-order valence-corrected chi connectivity index (χ3v) is 4.97. The van der Waals surface area contributed by atoms with Crippen LogP contribution in [0.2, 0.25) is 0 Å². The number of rotatable bonds is 6. The molecule has 5 nitrogen and oxygen atoms in total. The second-order valence-corrected chi connectivity index (χ2v) is 7.51. The van der Waals surface area contributed by atoms with Gasteiger partial charge in [-0.1, -0.05) is 42.0 Å². The topological polar surface area (TPSA) is 64.0 Å². The number of nitrogens with one attached hydrogen (secondary N) is 1. The lowest BCUT2D eigenvalue weighted by Crippen LogP contribution is -2.24. The maximum Gasteiger partial charge on any atom is 0.216 e. The second kappa shape index (κ2) is 6.98. The van der Waals surface area contributed by atoms with E-state index in [9.17, 15) is 8.42 Å². The summed E-state index contributed by atoms with van der Waals surface area (Å²) >= 11 is 0. The van der Waals surface area contributed by atoms with Crippen molar-refractivity contribution >= 4 is 10.0 Å². The molecule has 0 bridgehead atoms. The lowest BCUT2D eigenvalue weighted by atomic mass is 10.2. The number of imidazole rings is 1. The first-order valence-electron chi connectivity index (χ1n) is 7.62. The molecule has 0 fully saturated rings. The average Bonchev–Trinajstić information content (AvgIpc) is 3.08. The summed E-state index contributed by atoms with van der Waals surface area (Å²) in [6, 6.07) is 15.2. The van der Waals surface area contributed by atoms with Crippen LogP contribution in [0.1, 0.15) is 16.7 Å². The summed E-state index contributed by atoms with van der Waals surface area (Å²) in [6.07, 6.45) is 5.30. The highest BCUT2D eigenvalue weighted by Gasteiger charge is 2.11. The van der Waals surface area contributed by atoms with Gasteiger partial charge in [0.2, 0.25) is 10.0 Å². The van der Waals surface area contributed by atoms with E-state index in [1.54, 1.807) is 12.5 Å². The predicted molar refractivity (Wildman–Crippen MR) is 94.2 cm³/mol. The molecular weight excluding hydrogens is 322 g/mol. The minimum atomic E-state index is -3.37. The molecule has 0 unspecified atom stereocenters. The van der Waals surface area contributed by atoms with Gasteiger partial charge in [-0.15, -0.1) is 0 Å². The van der Waals surface area contributed by atoms with Gasteiger partial charge in [0.1, 0.15) is 0 Å². The van der Waals surface area contributed by atoms with Crippen LogP contribution < -0.4 is 4.72 Å². The summed E-state index contributed by atoms with van der Waals surface area (Å²) in [5.74, 6) is -0.0121. The van der Waals surface area contributed by atoms with Crippen molar-refractivity contribution in [2.75, 3.05) is 0 Å². The normalized spacial score (nSPS) is 11.5. The zero-order valence-electron chi connectivity index (χ0n) is 13.4. The number of nitrogens with zero attached hydrogens (tertiary/aromatic N) is 2. The van der Waals surface area contributed by atoms with E-state index < -0.39 is 10.0 Å². The van der Waals surface area contributed by atoms with Crippen molar-refractivity contribution in [3.8, 4) is 5.69 Å². The van der Waals surface area contributed by atoms with Crippen LogP contribution in [0.4, 0.5) is 0 Å². The van der Waals surface area contributed by atoms with Gasteiger partial charge in [-0.2, -0.15) is 0 Å². The minimum absolute atomic E-state index is 0.0121. The van der Waals surface area contributed by atoms with Crippen LogP contribution in [-0.2, 0) is 22.3 Å². The Labute approximate surface area is 142 Å². The van der Waals surface area contributed by atoms with Gasteiger partial charge in [0.05, 0.1) is 12.1 Å². The zero-order valence-corrected chi connectivity index (χ0v) is 14.2. The molecule has 3 rings (SSSR count). The lowest BCUT2D eigenvalue weighted by molar-refractivity contribution is 0.580. The number of hydrogen-bond donors (Lipinski definition) is 1. The van der Waals surface area contributed by atoms with Gasteiger partial charge in [0.25, 0.3) is 0 Å². The van der Waals surface area contributed by atoms with Crippen LogP contribution in [0.15, 0.2) is 67.3 Å². The molecule has 124 valence electrons. The quantitative estimate of drug-likeness (QED) is 0.750. The highest BCUT2D eigenvalue weighted by molar-refractivity contribution is 7.88. The SMILES string of the molecule is Cc1cccc(CS(=O)(=O)NCc2ccc(-n3ccnc3)cc2)c1. The molecular formula is C18H19N3O2S. The number of aryl methyl sites for hydroxylation is 1. The van der Waals surface area contributed by atoms with Gasteiger partial charge >= 0.3 is 0 Å². The fraction of sp³-hybridized carbons (Fsp3) is 0.167. The van der Waals surface area contributed by atoms with E-state index in [4.69, 9.17) is 0 Å². The van der Waals surface area contributed by atoms with Gasteiger partial charge < -0.3 is 4.57 Å². The van der Waals surface area contributed by atoms with Crippen molar-refractivity contribution in [3.63, 3.8) is 0 Å². The zero-order chi connectivity index (χ0) is 17.0. The molecule has 0 aliphatic rings. The molecule has 0 radical (unpaired) electrons. The van der Waals surface area contributed by atoms with Crippen LogP contribution >= 0.6 is 0 Å². The van der Waals surface area contributed by atoms with E-state index in [2.05, 4.69) is 9.71 Å². The van der Waals surface area contributed by atoms with Gasteiger partial charge in [0, 0.05) is 24.6 Å². The van der Waals surface area contributed by atoms with E-state index in [-0.39, 0.29) is 12.3 Å². The summed E-state index contributed by atoms with van der Waals surface area (Å²) in [7, 11) is -3.37. The van der Waals surface area contributed by atoms with Crippen molar-refractivity contribution < 1.29 is 8.42 Å². The van der Waals surface area contributed by atoms with Crippen LogP contribution in [-0.4, -0.2) is 18.0 Å². The first kappa shape index (κ1) is 16.4. The Morgan fingerprint density at radius 2 is 1.88 bits per heavy atom. The average molecular weight is 341 g/mol. The summed E-state index contributed by atoms with van der Waals surface area (Å²) in [6.45, 7) is 2.23. The van der Waals surface area contributed by atoms with Crippen molar-refractivity contribution in [1.82, 2.24) is 14.3 Å². The second-order valence-electron chi connectivity index (χ2n) is 5.71. The molecule has 1 aromatic heterocycles. The number of sulfonamides is 1. The Hall–Kier alpha value is -2.44. The number of hydrogen-bond acceptors (Lipinski definition) is 3. The number of aromatic nitrogens is 2. The van der Waals surface area contributed by atoms with Gasteiger partial charge in [-0.3, -0.25) is 0 Å². The lowest BCUT2D eigenvalue weighted by Gasteiger charge is -2.08. The summed E-state index contributed by atoms with van der Waals surface area (Å²) < 4.78 is 29.0. The Kier molecular flexibility index (Phi) is 4.78. The molecule has 0 atom stereocenters. The molecule has 0 aliphatic carbocycles. The molecule has 24 heavy (non-hydrogen) atoms. The first-order valence-corrected chi connectivity index (χ1v) is 9.27. The smallest absolute Gasteiger partial charge is 0.216 e. The molecule has 6 heteroatoms. The van der Waals surface area contributed by atoms with Crippen LogP contribution in [0.3, 0.4) is 0 Å². The molecule has 1 N–H and O–H groups in total.